The number of nitrogens with zero attached hydrogens (tertiary/aromatic N) is 1. The van der Waals surface area contributed by atoms with Crippen LogP contribution in [0, 0.1) is 11.2 Å². The van der Waals surface area contributed by atoms with E-state index in [9.17, 15) is 14.3 Å². The van der Waals surface area contributed by atoms with Gasteiger partial charge in [-0.15, -0.1) is 0 Å². The Balaban J connectivity index is 1.70. The molecule has 2 rings (SSSR count). The Labute approximate surface area is 124 Å². The van der Waals surface area contributed by atoms with Gasteiger partial charge >= 0.3 is 5.97 Å². The number of carboxylic acid groups (broad SMARTS) is 1. The summed E-state index contributed by atoms with van der Waals surface area (Å²) in [6, 6.07) is 5.96. The molecule has 0 aliphatic carbocycles. The molecule has 0 amide bonds. The lowest BCUT2D eigenvalue weighted by molar-refractivity contribution is -0.148. The Morgan fingerprint density at radius 1 is 1.43 bits per heavy atom. The fourth-order valence-corrected chi connectivity index (χ4v) is 2.77. The fraction of sp³-hybridized carbons (Fsp3) is 0.562. The lowest BCUT2D eigenvalue weighted by Crippen LogP contribution is -2.34. The molecule has 0 aromatic heterocycles. The van der Waals surface area contributed by atoms with Crippen LogP contribution in [-0.2, 0) is 4.79 Å². The molecule has 1 aliphatic rings. The van der Waals surface area contributed by atoms with Crippen molar-refractivity contribution in [3.8, 4) is 5.75 Å². The van der Waals surface area contributed by atoms with Gasteiger partial charge < -0.3 is 14.7 Å². The molecule has 21 heavy (non-hydrogen) atoms. The minimum Gasteiger partial charge on any atom is -0.494 e. The number of rotatable bonds is 7. The Morgan fingerprint density at radius 2 is 2.14 bits per heavy atom. The monoisotopic (exact) mass is 295 g/mol. The van der Waals surface area contributed by atoms with Crippen LogP contribution in [0.2, 0.25) is 0 Å². The van der Waals surface area contributed by atoms with Gasteiger partial charge in [0.15, 0.2) is 0 Å². The van der Waals surface area contributed by atoms with Gasteiger partial charge in [-0.3, -0.25) is 4.79 Å². The van der Waals surface area contributed by atoms with Gasteiger partial charge in [0, 0.05) is 13.1 Å². The minimum atomic E-state index is -0.685. The molecule has 1 aromatic carbocycles. The van der Waals surface area contributed by atoms with E-state index in [1.807, 2.05) is 6.92 Å². The fourth-order valence-electron chi connectivity index (χ4n) is 2.77. The lowest BCUT2D eigenvalue weighted by Gasteiger charge is -2.23. The number of aliphatic carboxylic acids is 1. The number of hydrogen-bond acceptors (Lipinski definition) is 3. The smallest absolute Gasteiger partial charge is 0.310 e. The highest BCUT2D eigenvalue weighted by molar-refractivity contribution is 5.75. The van der Waals surface area contributed by atoms with Crippen molar-refractivity contribution < 1.29 is 19.0 Å². The molecule has 0 bridgehead atoms. The zero-order valence-electron chi connectivity index (χ0n) is 12.3. The van der Waals surface area contributed by atoms with E-state index in [1.165, 1.54) is 12.1 Å². The Morgan fingerprint density at radius 3 is 2.71 bits per heavy atom. The Bertz CT molecular complexity index is 477. The molecule has 5 heteroatoms. The van der Waals surface area contributed by atoms with Crippen LogP contribution in [0.15, 0.2) is 24.3 Å². The number of ether oxygens (including phenoxy) is 1. The average Bonchev–Trinajstić information content (AvgIpc) is 2.90. The molecular weight excluding hydrogens is 273 g/mol. The topological polar surface area (TPSA) is 49.8 Å². The normalized spacial score (nSPS) is 22.4. The van der Waals surface area contributed by atoms with Crippen LogP contribution in [0.4, 0.5) is 4.39 Å². The minimum absolute atomic E-state index is 0.274. The van der Waals surface area contributed by atoms with Crippen LogP contribution in [0.1, 0.15) is 26.2 Å². The highest BCUT2D eigenvalue weighted by atomic mass is 19.1. The number of carboxylic acids is 1. The molecule has 4 nitrogen and oxygen atoms in total. The Kier molecular flexibility index (Phi) is 5.17. The van der Waals surface area contributed by atoms with E-state index in [0.717, 1.165) is 25.9 Å². The van der Waals surface area contributed by atoms with Crippen molar-refractivity contribution in [3.05, 3.63) is 30.1 Å². The van der Waals surface area contributed by atoms with Crippen molar-refractivity contribution in [2.75, 3.05) is 26.2 Å². The summed E-state index contributed by atoms with van der Waals surface area (Å²) in [6.07, 6.45) is 2.22. The van der Waals surface area contributed by atoms with Crippen molar-refractivity contribution in [2.45, 2.75) is 26.2 Å². The standard InChI is InChI=1S/C16H22FNO3/c1-2-16(15(19)20)8-10-18(12-16)9-3-11-21-14-6-4-13(17)5-7-14/h4-7H,2-3,8-12H2,1H3,(H,19,20). The van der Waals surface area contributed by atoms with Crippen LogP contribution in [0.5, 0.6) is 5.75 Å². The van der Waals surface area contributed by atoms with Gasteiger partial charge in [-0.25, -0.2) is 4.39 Å². The van der Waals surface area contributed by atoms with Crippen molar-refractivity contribution >= 4 is 5.97 Å². The number of carbonyl (C=O) groups is 1. The Hall–Kier alpha value is -1.62. The maximum absolute atomic E-state index is 12.7. The predicted octanol–water partition coefficient (Wildman–Crippen LogP) is 2.78. The van der Waals surface area contributed by atoms with Crippen LogP contribution in [-0.4, -0.2) is 42.2 Å². The van der Waals surface area contributed by atoms with Gasteiger partial charge in [-0.05, 0) is 50.1 Å². The highest BCUT2D eigenvalue weighted by Crippen LogP contribution is 2.34. The molecule has 0 saturated carbocycles. The molecular formula is C16H22FNO3. The summed E-state index contributed by atoms with van der Waals surface area (Å²) in [5.41, 5.74) is -0.572. The predicted molar refractivity (Wildman–Crippen MR) is 77.9 cm³/mol. The van der Waals surface area contributed by atoms with E-state index in [0.29, 0.717) is 25.3 Å². The summed E-state index contributed by atoms with van der Waals surface area (Å²) in [6.45, 7) is 4.77. The van der Waals surface area contributed by atoms with Crippen LogP contribution in [0.25, 0.3) is 0 Å². The number of halogens is 1. The quantitative estimate of drug-likeness (QED) is 0.786. The first-order chi connectivity index (χ1) is 10.1. The van der Waals surface area contributed by atoms with E-state index >= 15 is 0 Å². The van der Waals surface area contributed by atoms with E-state index < -0.39 is 11.4 Å². The van der Waals surface area contributed by atoms with Crippen molar-refractivity contribution in [1.82, 2.24) is 4.90 Å². The van der Waals surface area contributed by atoms with Crippen LogP contribution in [0.3, 0.4) is 0 Å². The molecule has 0 radical (unpaired) electrons. The lowest BCUT2D eigenvalue weighted by atomic mass is 9.84. The second-order valence-electron chi connectivity index (χ2n) is 5.62. The van der Waals surface area contributed by atoms with Gasteiger partial charge in [-0.2, -0.15) is 0 Å². The molecule has 1 heterocycles. The van der Waals surface area contributed by atoms with E-state index in [-0.39, 0.29) is 5.82 Å². The summed E-state index contributed by atoms with van der Waals surface area (Å²) >= 11 is 0. The molecule has 1 aliphatic heterocycles. The molecule has 1 atom stereocenters. The summed E-state index contributed by atoms with van der Waals surface area (Å²) < 4.78 is 18.3. The van der Waals surface area contributed by atoms with Crippen molar-refractivity contribution in [3.63, 3.8) is 0 Å². The molecule has 1 fully saturated rings. The largest absolute Gasteiger partial charge is 0.494 e. The molecule has 1 unspecified atom stereocenters. The third kappa shape index (κ3) is 3.94. The van der Waals surface area contributed by atoms with Crippen LogP contribution < -0.4 is 4.74 Å². The second kappa shape index (κ2) is 6.89. The highest BCUT2D eigenvalue weighted by Gasteiger charge is 2.42. The molecule has 1 N–H and O–H groups in total. The zero-order valence-corrected chi connectivity index (χ0v) is 12.3. The summed E-state index contributed by atoms with van der Waals surface area (Å²) in [5.74, 6) is -0.301. The molecule has 0 spiro atoms. The van der Waals surface area contributed by atoms with Crippen LogP contribution >= 0.6 is 0 Å². The van der Waals surface area contributed by atoms with Gasteiger partial charge in [0.25, 0.3) is 0 Å². The van der Waals surface area contributed by atoms with Crippen molar-refractivity contribution in [1.29, 1.82) is 0 Å². The first-order valence-electron chi connectivity index (χ1n) is 7.40. The van der Waals surface area contributed by atoms with Gasteiger partial charge in [0.05, 0.1) is 12.0 Å². The maximum atomic E-state index is 12.7. The zero-order chi connectivity index (χ0) is 15.3. The number of hydrogen-bond donors (Lipinski definition) is 1. The third-order valence-electron chi connectivity index (χ3n) is 4.26. The average molecular weight is 295 g/mol. The van der Waals surface area contributed by atoms with E-state index in [2.05, 4.69) is 4.90 Å². The number of likely N-dealkylation sites (tertiary alicyclic amines) is 1. The first kappa shape index (κ1) is 15.8. The first-order valence-corrected chi connectivity index (χ1v) is 7.40. The maximum Gasteiger partial charge on any atom is 0.310 e. The van der Waals surface area contributed by atoms with Gasteiger partial charge in [0.2, 0.25) is 0 Å². The van der Waals surface area contributed by atoms with E-state index in [4.69, 9.17) is 4.74 Å². The third-order valence-corrected chi connectivity index (χ3v) is 4.26. The summed E-state index contributed by atoms with van der Waals surface area (Å²) in [7, 11) is 0. The second-order valence-corrected chi connectivity index (χ2v) is 5.62. The molecule has 1 saturated heterocycles. The summed E-state index contributed by atoms with van der Waals surface area (Å²) in [4.78, 5) is 13.5. The van der Waals surface area contributed by atoms with Crippen molar-refractivity contribution in [2.24, 2.45) is 5.41 Å². The number of benzene rings is 1. The van der Waals surface area contributed by atoms with Gasteiger partial charge in [0.1, 0.15) is 11.6 Å². The molecule has 116 valence electrons. The van der Waals surface area contributed by atoms with Gasteiger partial charge in [-0.1, -0.05) is 6.92 Å². The SMILES string of the molecule is CCC1(C(=O)O)CCN(CCCOc2ccc(F)cc2)C1. The van der Waals surface area contributed by atoms with E-state index in [1.54, 1.807) is 12.1 Å². The summed E-state index contributed by atoms with van der Waals surface area (Å²) in [5, 5.41) is 9.34. The molecule has 1 aromatic rings.